The maximum atomic E-state index is 13.0. The van der Waals surface area contributed by atoms with Crippen LogP contribution in [-0.2, 0) is 4.74 Å². The fraction of sp³-hybridized carbons (Fsp3) is 0.556. The second-order valence-corrected chi connectivity index (χ2v) is 3.09. The molecule has 0 aliphatic carbocycles. The summed E-state index contributed by atoms with van der Waals surface area (Å²) in [5.74, 6) is -0.773. The molecule has 0 amide bonds. The predicted molar refractivity (Wildman–Crippen MR) is 53.6 cm³/mol. The van der Waals surface area contributed by atoms with Crippen LogP contribution in [-0.4, -0.2) is 29.8 Å². The summed E-state index contributed by atoms with van der Waals surface area (Å²) in [4.78, 5) is 7.06. The molecule has 0 bridgehead atoms. The Hall–Kier alpha value is -0.940. The van der Waals surface area contributed by atoms with Crippen LogP contribution in [0.25, 0.3) is 0 Å². The first-order valence-corrected chi connectivity index (χ1v) is 5.00. The van der Waals surface area contributed by atoms with Gasteiger partial charge >= 0.3 is 0 Å². The lowest BCUT2D eigenvalue weighted by Crippen LogP contribution is -2.09. The van der Waals surface area contributed by atoms with Gasteiger partial charge in [0.25, 0.3) is 5.88 Å². The van der Waals surface area contributed by atoms with E-state index in [0.29, 0.717) is 13.2 Å². The van der Waals surface area contributed by atoms with Gasteiger partial charge in [0.15, 0.2) is 0 Å². The van der Waals surface area contributed by atoms with Gasteiger partial charge in [0.2, 0.25) is 11.1 Å². The normalized spacial score (nSPS) is 10.3. The molecular formula is C9H12ClFN2O2. The number of ether oxygens (including phenoxy) is 2. The fourth-order valence-electron chi connectivity index (χ4n) is 0.876. The van der Waals surface area contributed by atoms with Gasteiger partial charge in [-0.1, -0.05) is 6.92 Å². The molecule has 1 rings (SSSR count). The SMILES string of the molecule is CCCOCCOc1nc(Cl)ncc1F. The van der Waals surface area contributed by atoms with Crippen LogP contribution < -0.4 is 4.74 Å². The number of hydrogen-bond acceptors (Lipinski definition) is 4. The minimum Gasteiger partial charge on any atom is -0.473 e. The number of nitrogens with zero attached hydrogens (tertiary/aromatic N) is 2. The van der Waals surface area contributed by atoms with E-state index in [2.05, 4.69) is 9.97 Å². The van der Waals surface area contributed by atoms with Gasteiger partial charge in [-0.05, 0) is 18.0 Å². The average Bonchev–Trinajstić information content (AvgIpc) is 2.23. The molecule has 1 heterocycles. The molecule has 0 unspecified atom stereocenters. The van der Waals surface area contributed by atoms with Crippen LogP contribution in [0.15, 0.2) is 6.20 Å². The van der Waals surface area contributed by atoms with Crippen molar-refractivity contribution in [1.29, 1.82) is 0 Å². The summed E-state index contributed by atoms with van der Waals surface area (Å²) < 4.78 is 23.2. The monoisotopic (exact) mass is 234 g/mol. The first-order chi connectivity index (χ1) is 7.24. The molecular weight excluding hydrogens is 223 g/mol. The van der Waals surface area contributed by atoms with Crippen molar-refractivity contribution in [3.63, 3.8) is 0 Å². The highest BCUT2D eigenvalue weighted by Gasteiger charge is 2.06. The first-order valence-electron chi connectivity index (χ1n) is 4.62. The Morgan fingerprint density at radius 1 is 1.40 bits per heavy atom. The summed E-state index contributed by atoms with van der Waals surface area (Å²) in [7, 11) is 0. The van der Waals surface area contributed by atoms with Crippen molar-refractivity contribution in [1.82, 2.24) is 9.97 Å². The van der Waals surface area contributed by atoms with Crippen LogP contribution in [0.5, 0.6) is 5.88 Å². The van der Waals surface area contributed by atoms with Crippen molar-refractivity contribution in [3.8, 4) is 5.88 Å². The van der Waals surface area contributed by atoms with E-state index >= 15 is 0 Å². The van der Waals surface area contributed by atoms with E-state index < -0.39 is 5.82 Å². The maximum Gasteiger partial charge on any atom is 0.254 e. The second-order valence-electron chi connectivity index (χ2n) is 2.75. The average molecular weight is 235 g/mol. The summed E-state index contributed by atoms with van der Waals surface area (Å²) in [5.41, 5.74) is 0. The molecule has 0 atom stereocenters. The molecule has 0 aliphatic rings. The van der Waals surface area contributed by atoms with Gasteiger partial charge in [-0.15, -0.1) is 0 Å². The third kappa shape index (κ3) is 4.40. The van der Waals surface area contributed by atoms with Gasteiger partial charge in [-0.2, -0.15) is 9.37 Å². The molecule has 0 fully saturated rings. The Bertz CT molecular complexity index is 312. The van der Waals surface area contributed by atoms with E-state index in [4.69, 9.17) is 21.1 Å². The quantitative estimate of drug-likeness (QED) is 0.558. The number of hydrogen-bond donors (Lipinski definition) is 0. The van der Waals surface area contributed by atoms with E-state index in [1.165, 1.54) is 0 Å². The van der Waals surface area contributed by atoms with E-state index in [-0.39, 0.29) is 17.8 Å². The Labute approximate surface area is 92.4 Å². The summed E-state index contributed by atoms with van der Waals surface area (Å²) in [6, 6.07) is 0. The molecule has 0 saturated heterocycles. The molecule has 0 radical (unpaired) electrons. The molecule has 0 aliphatic heterocycles. The van der Waals surface area contributed by atoms with Crippen molar-refractivity contribution in [2.24, 2.45) is 0 Å². The number of rotatable bonds is 6. The standard InChI is InChI=1S/C9H12ClFN2O2/c1-2-3-14-4-5-15-8-7(11)6-12-9(10)13-8/h6H,2-5H2,1H3. The first kappa shape index (κ1) is 12.1. The number of halogens is 2. The predicted octanol–water partition coefficient (Wildman–Crippen LogP) is 2.07. The second kappa shape index (κ2) is 6.53. The zero-order valence-electron chi connectivity index (χ0n) is 8.37. The number of aromatic nitrogens is 2. The molecule has 1 aromatic heterocycles. The Morgan fingerprint density at radius 2 is 2.20 bits per heavy atom. The van der Waals surface area contributed by atoms with Crippen LogP contribution in [0.1, 0.15) is 13.3 Å². The molecule has 1 aromatic rings. The van der Waals surface area contributed by atoms with E-state index in [9.17, 15) is 4.39 Å². The van der Waals surface area contributed by atoms with Gasteiger partial charge < -0.3 is 9.47 Å². The van der Waals surface area contributed by atoms with Crippen molar-refractivity contribution in [2.45, 2.75) is 13.3 Å². The molecule has 15 heavy (non-hydrogen) atoms. The van der Waals surface area contributed by atoms with Crippen LogP contribution >= 0.6 is 11.6 Å². The van der Waals surface area contributed by atoms with Crippen molar-refractivity contribution >= 4 is 11.6 Å². The van der Waals surface area contributed by atoms with E-state index in [1.807, 2.05) is 6.92 Å². The Balaban J connectivity index is 2.33. The zero-order valence-corrected chi connectivity index (χ0v) is 9.13. The molecule has 0 aromatic carbocycles. The van der Waals surface area contributed by atoms with Gasteiger partial charge in [0.05, 0.1) is 12.8 Å². The molecule has 0 spiro atoms. The zero-order chi connectivity index (χ0) is 11.1. The molecule has 84 valence electrons. The summed E-state index contributed by atoms with van der Waals surface area (Å²) in [6.45, 7) is 3.31. The lowest BCUT2D eigenvalue weighted by atomic mass is 10.5. The molecule has 4 nitrogen and oxygen atoms in total. The van der Waals surface area contributed by atoms with Crippen molar-refractivity contribution in [2.75, 3.05) is 19.8 Å². The summed E-state index contributed by atoms with van der Waals surface area (Å²) in [6.07, 6.45) is 1.91. The van der Waals surface area contributed by atoms with Gasteiger partial charge in [0.1, 0.15) is 6.61 Å². The fourth-order valence-corrected chi connectivity index (χ4v) is 1.00. The lowest BCUT2D eigenvalue weighted by molar-refractivity contribution is 0.0973. The van der Waals surface area contributed by atoms with Crippen LogP contribution in [0.4, 0.5) is 4.39 Å². The summed E-state index contributed by atoms with van der Waals surface area (Å²) in [5, 5.41) is -0.0409. The minimum absolute atomic E-state index is 0.0409. The van der Waals surface area contributed by atoms with Gasteiger partial charge in [-0.25, -0.2) is 4.98 Å². The van der Waals surface area contributed by atoms with Crippen molar-refractivity contribution in [3.05, 3.63) is 17.3 Å². The highest BCUT2D eigenvalue weighted by atomic mass is 35.5. The highest BCUT2D eigenvalue weighted by Crippen LogP contribution is 2.14. The van der Waals surface area contributed by atoms with Gasteiger partial charge in [0, 0.05) is 6.61 Å². The summed E-state index contributed by atoms with van der Waals surface area (Å²) >= 11 is 5.48. The molecule has 0 saturated carbocycles. The van der Waals surface area contributed by atoms with Crippen LogP contribution in [0.2, 0.25) is 5.28 Å². The Morgan fingerprint density at radius 3 is 2.93 bits per heavy atom. The molecule has 0 N–H and O–H groups in total. The molecule has 6 heteroatoms. The largest absolute Gasteiger partial charge is 0.473 e. The lowest BCUT2D eigenvalue weighted by Gasteiger charge is -2.06. The van der Waals surface area contributed by atoms with E-state index in [0.717, 1.165) is 12.6 Å². The maximum absolute atomic E-state index is 13.0. The third-order valence-corrected chi connectivity index (χ3v) is 1.68. The van der Waals surface area contributed by atoms with E-state index in [1.54, 1.807) is 0 Å². The van der Waals surface area contributed by atoms with Crippen LogP contribution in [0.3, 0.4) is 0 Å². The minimum atomic E-state index is -0.630. The van der Waals surface area contributed by atoms with Crippen LogP contribution in [0, 0.1) is 5.82 Å². The van der Waals surface area contributed by atoms with Gasteiger partial charge in [-0.3, -0.25) is 0 Å². The smallest absolute Gasteiger partial charge is 0.254 e. The third-order valence-electron chi connectivity index (χ3n) is 1.50. The topological polar surface area (TPSA) is 44.2 Å². The Kier molecular flexibility index (Phi) is 5.28. The van der Waals surface area contributed by atoms with Crippen molar-refractivity contribution < 1.29 is 13.9 Å². The highest BCUT2D eigenvalue weighted by molar-refractivity contribution is 6.28.